The van der Waals surface area contributed by atoms with Gasteiger partial charge in [-0.25, -0.2) is 0 Å². The Bertz CT molecular complexity index is 260. The van der Waals surface area contributed by atoms with Crippen molar-refractivity contribution < 1.29 is 17.3 Å². The van der Waals surface area contributed by atoms with Gasteiger partial charge in [-0.05, 0) is 13.3 Å². The van der Waals surface area contributed by atoms with Gasteiger partial charge in [0.25, 0.3) is 0 Å². The highest BCUT2D eigenvalue weighted by molar-refractivity contribution is 6.50. The molecule has 0 nitrogen and oxygen atoms in total. The fraction of sp³-hybridized carbons (Fsp3) is 0.545. The van der Waals surface area contributed by atoms with Crippen LogP contribution in [0.3, 0.4) is 0 Å². The van der Waals surface area contributed by atoms with Gasteiger partial charge in [-0.3, -0.25) is 0 Å². The van der Waals surface area contributed by atoms with Gasteiger partial charge in [0.2, 0.25) is 0 Å². The third kappa shape index (κ3) is 7.43. The highest BCUT2D eigenvalue weighted by Crippen LogP contribution is 2.28. The van der Waals surface area contributed by atoms with Crippen molar-refractivity contribution in [1.82, 2.24) is 0 Å². The Kier molecular flexibility index (Phi) is 6.30. The van der Waals surface area contributed by atoms with E-state index in [0.717, 1.165) is 0 Å². The average Bonchev–Trinajstić information content (AvgIpc) is 2.42. The SMILES string of the molecule is CCCCC1=C(C)[C+](C)C=C1.F[B-](F)(F)F. The number of halogens is 4. The normalized spacial score (nSPS) is 15.3. The van der Waals surface area contributed by atoms with Crippen LogP contribution in [0.15, 0.2) is 23.3 Å². The summed E-state index contributed by atoms with van der Waals surface area (Å²) in [4.78, 5) is 0. The maximum Gasteiger partial charge on any atom is 0.673 e. The lowest BCUT2D eigenvalue weighted by molar-refractivity contribution is 0.368. The summed E-state index contributed by atoms with van der Waals surface area (Å²) in [5, 5.41) is 0. The van der Waals surface area contributed by atoms with Crippen molar-refractivity contribution in [2.45, 2.75) is 40.0 Å². The van der Waals surface area contributed by atoms with Crippen LogP contribution in [-0.4, -0.2) is 7.25 Å². The van der Waals surface area contributed by atoms with Crippen LogP contribution in [-0.2, 0) is 0 Å². The van der Waals surface area contributed by atoms with Gasteiger partial charge >= 0.3 is 7.25 Å². The van der Waals surface area contributed by atoms with Gasteiger partial charge in [-0.15, -0.1) is 0 Å². The highest BCUT2D eigenvalue weighted by Gasteiger charge is 2.21. The molecule has 0 atom stereocenters. The van der Waals surface area contributed by atoms with Gasteiger partial charge in [0.15, 0.2) is 0 Å². The summed E-state index contributed by atoms with van der Waals surface area (Å²) in [5.41, 5.74) is 3.04. The number of rotatable bonds is 3. The minimum atomic E-state index is -6.00. The van der Waals surface area contributed by atoms with Crippen LogP contribution in [0, 0.1) is 5.92 Å². The molecule has 0 aromatic heterocycles. The minimum Gasteiger partial charge on any atom is -0.418 e. The van der Waals surface area contributed by atoms with Crippen LogP contribution >= 0.6 is 0 Å². The molecule has 16 heavy (non-hydrogen) atoms. The van der Waals surface area contributed by atoms with Crippen molar-refractivity contribution in [2.24, 2.45) is 0 Å². The van der Waals surface area contributed by atoms with Crippen LogP contribution in [0.25, 0.3) is 0 Å². The topological polar surface area (TPSA) is 0 Å². The van der Waals surface area contributed by atoms with Gasteiger partial charge < -0.3 is 17.3 Å². The third-order valence-corrected chi connectivity index (χ3v) is 2.41. The Morgan fingerprint density at radius 3 is 2.06 bits per heavy atom. The van der Waals surface area contributed by atoms with E-state index in [9.17, 15) is 17.3 Å². The Morgan fingerprint density at radius 2 is 1.75 bits per heavy atom. The van der Waals surface area contributed by atoms with E-state index in [2.05, 4.69) is 32.9 Å². The van der Waals surface area contributed by atoms with Crippen molar-refractivity contribution in [1.29, 1.82) is 0 Å². The quantitative estimate of drug-likeness (QED) is 0.369. The molecule has 0 spiro atoms. The number of allylic oxidation sites excluding steroid dienone is 4. The molecule has 0 aliphatic heterocycles. The molecule has 0 saturated carbocycles. The predicted molar refractivity (Wildman–Crippen MR) is 60.5 cm³/mol. The molecule has 0 heterocycles. The van der Waals surface area contributed by atoms with E-state index < -0.39 is 7.25 Å². The lowest BCUT2D eigenvalue weighted by atomic mass is 10.0. The molecular formula is C11H17BF4. The van der Waals surface area contributed by atoms with Crippen LogP contribution < -0.4 is 0 Å². The minimum absolute atomic E-state index is 1.26. The third-order valence-electron chi connectivity index (χ3n) is 2.41. The second-order valence-corrected chi connectivity index (χ2v) is 3.77. The Hall–Kier alpha value is -0.865. The summed E-state index contributed by atoms with van der Waals surface area (Å²) >= 11 is 0. The smallest absolute Gasteiger partial charge is 0.418 e. The molecule has 0 unspecified atom stereocenters. The number of hydrogen-bond acceptors (Lipinski definition) is 0. The molecule has 0 amide bonds. The van der Waals surface area contributed by atoms with Crippen molar-refractivity contribution >= 4 is 7.25 Å². The zero-order chi connectivity index (χ0) is 12.8. The van der Waals surface area contributed by atoms with Crippen molar-refractivity contribution in [3.05, 3.63) is 29.2 Å². The fourth-order valence-electron chi connectivity index (χ4n) is 1.37. The predicted octanol–water partition coefficient (Wildman–Crippen LogP) is 4.96. The van der Waals surface area contributed by atoms with Gasteiger partial charge in [0, 0.05) is 13.3 Å². The standard InChI is InChI=1S/C11H17.BF4/c1-4-5-6-11-8-7-9(2)10(11)3;2-1(3,4)5/h7-8H,4-6H2,1-3H3;/q+1;-1. The molecular weight excluding hydrogens is 219 g/mol. The molecule has 0 saturated heterocycles. The first kappa shape index (κ1) is 15.1. The molecule has 1 rings (SSSR count). The maximum atomic E-state index is 9.75. The van der Waals surface area contributed by atoms with E-state index in [-0.39, 0.29) is 0 Å². The molecule has 1 aliphatic carbocycles. The molecule has 0 N–H and O–H groups in total. The van der Waals surface area contributed by atoms with Crippen LogP contribution in [0.1, 0.15) is 40.0 Å². The first-order valence-corrected chi connectivity index (χ1v) is 5.34. The number of unbranched alkanes of at least 4 members (excludes halogenated alkanes) is 1. The molecule has 0 aromatic carbocycles. The lowest BCUT2D eigenvalue weighted by Crippen LogP contribution is -2.02. The summed E-state index contributed by atoms with van der Waals surface area (Å²) in [6, 6.07) is 0. The second kappa shape index (κ2) is 6.66. The van der Waals surface area contributed by atoms with E-state index in [1.165, 1.54) is 30.8 Å². The van der Waals surface area contributed by atoms with E-state index >= 15 is 0 Å². The zero-order valence-corrected chi connectivity index (χ0v) is 9.87. The van der Waals surface area contributed by atoms with Gasteiger partial charge in [-0.2, -0.15) is 0 Å². The monoisotopic (exact) mass is 236 g/mol. The molecule has 0 radical (unpaired) electrons. The lowest BCUT2D eigenvalue weighted by Gasteiger charge is -1.95. The molecule has 0 aromatic rings. The first-order chi connectivity index (χ1) is 7.25. The van der Waals surface area contributed by atoms with Gasteiger partial charge in [-0.1, -0.05) is 13.3 Å². The zero-order valence-electron chi connectivity index (χ0n) is 9.87. The van der Waals surface area contributed by atoms with E-state index in [4.69, 9.17) is 0 Å². The van der Waals surface area contributed by atoms with Gasteiger partial charge in [0.05, 0.1) is 29.2 Å². The Balaban J connectivity index is 0.000000385. The van der Waals surface area contributed by atoms with Crippen molar-refractivity contribution in [3.63, 3.8) is 0 Å². The average molecular weight is 236 g/mol. The Morgan fingerprint density at radius 1 is 1.25 bits per heavy atom. The maximum absolute atomic E-state index is 9.75. The Labute approximate surface area is 94.5 Å². The molecule has 5 heteroatoms. The number of hydrogen-bond donors (Lipinski definition) is 0. The van der Waals surface area contributed by atoms with Crippen molar-refractivity contribution in [3.8, 4) is 0 Å². The summed E-state index contributed by atoms with van der Waals surface area (Å²) in [7, 11) is -6.00. The van der Waals surface area contributed by atoms with Gasteiger partial charge in [0.1, 0.15) is 0 Å². The summed E-state index contributed by atoms with van der Waals surface area (Å²) in [6.07, 6.45) is 8.37. The highest BCUT2D eigenvalue weighted by atomic mass is 19.5. The van der Waals surface area contributed by atoms with Crippen LogP contribution in [0.4, 0.5) is 17.3 Å². The molecule has 1 aliphatic rings. The molecule has 0 bridgehead atoms. The molecule has 92 valence electrons. The summed E-state index contributed by atoms with van der Waals surface area (Å²) in [5.74, 6) is 1.44. The van der Waals surface area contributed by atoms with Crippen molar-refractivity contribution in [2.75, 3.05) is 0 Å². The van der Waals surface area contributed by atoms with E-state index in [1.807, 2.05) is 0 Å². The van der Waals surface area contributed by atoms with E-state index in [1.54, 1.807) is 5.57 Å². The van der Waals surface area contributed by atoms with E-state index in [0.29, 0.717) is 0 Å². The fourth-order valence-corrected chi connectivity index (χ4v) is 1.37. The van der Waals surface area contributed by atoms with Crippen LogP contribution in [0.5, 0.6) is 0 Å². The first-order valence-electron chi connectivity index (χ1n) is 5.34. The van der Waals surface area contributed by atoms with Crippen LogP contribution in [0.2, 0.25) is 0 Å². The largest absolute Gasteiger partial charge is 0.673 e. The summed E-state index contributed by atoms with van der Waals surface area (Å²) < 4.78 is 39.0. The second-order valence-electron chi connectivity index (χ2n) is 3.77. The molecule has 0 fully saturated rings. The summed E-state index contributed by atoms with van der Waals surface area (Å²) in [6.45, 7) is 6.65.